The summed E-state index contributed by atoms with van der Waals surface area (Å²) in [5, 5.41) is 4.39. The Kier molecular flexibility index (Phi) is 9.96. The number of alkyl halides is 3. The third-order valence-electron chi connectivity index (χ3n) is 7.71. The van der Waals surface area contributed by atoms with E-state index >= 15 is 0 Å². The van der Waals surface area contributed by atoms with Gasteiger partial charge in [-0.3, -0.25) is 0 Å². The molecule has 234 valence electrons. The highest BCUT2D eigenvalue weighted by Crippen LogP contribution is 2.34. The number of nitrogens with one attached hydrogen (secondary N) is 2. The molecule has 1 heterocycles. The van der Waals surface area contributed by atoms with Gasteiger partial charge in [0.05, 0.1) is 5.52 Å². The molecular formula is C31H33BrF3N5O3S. The van der Waals surface area contributed by atoms with Gasteiger partial charge in [0.25, 0.3) is 0 Å². The SMILES string of the molecule is CN(Cc1ccccc1)c1nc(NC[C@H]2CC[C@H](CNS(=O)(=O)c3ccc(Br)cc3OC(F)(F)F)CC2)nc2ccccc12. The summed E-state index contributed by atoms with van der Waals surface area (Å²) < 4.78 is 71.1. The van der Waals surface area contributed by atoms with Crippen molar-refractivity contribution in [2.45, 2.75) is 43.5 Å². The van der Waals surface area contributed by atoms with Gasteiger partial charge in [0.2, 0.25) is 16.0 Å². The van der Waals surface area contributed by atoms with Gasteiger partial charge >= 0.3 is 6.36 Å². The van der Waals surface area contributed by atoms with E-state index < -0.39 is 27.0 Å². The molecule has 0 bridgehead atoms. The maximum Gasteiger partial charge on any atom is 0.573 e. The van der Waals surface area contributed by atoms with Crippen molar-refractivity contribution in [2.24, 2.45) is 11.8 Å². The van der Waals surface area contributed by atoms with Crippen molar-refractivity contribution >= 4 is 48.6 Å². The molecule has 0 unspecified atom stereocenters. The topological polar surface area (TPSA) is 96.5 Å². The quantitative estimate of drug-likeness (QED) is 0.173. The van der Waals surface area contributed by atoms with Crippen LogP contribution in [-0.2, 0) is 16.6 Å². The molecule has 1 aliphatic carbocycles. The van der Waals surface area contributed by atoms with Crippen LogP contribution in [0.4, 0.5) is 24.9 Å². The Morgan fingerprint density at radius 1 is 0.932 bits per heavy atom. The minimum Gasteiger partial charge on any atom is -0.404 e. The third-order valence-corrected chi connectivity index (χ3v) is 9.66. The lowest BCUT2D eigenvalue weighted by molar-refractivity contribution is -0.275. The summed E-state index contributed by atoms with van der Waals surface area (Å²) in [6.07, 6.45) is -1.71. The van der Waals surface area contributed by atoms with Crippen molar-refractivity contribution < 1.29 is 26.3 Å². The third kappa shape index (κ3) is 8.39. The number of hydrogen-bond acceptors (Lipinski definition) is 7. The van der Waals surface area contributed by atoms with E-state index in [4.69, 9.17) is 9.97 Å². The Morgan fingerprint density at radius 2 is 1.59 bits per heavy atom. The normalized spacial score (nSPS) is 17.4. The van der Waals surface area contributed by atoms with Gasteiger partial charge in [-0.1, -0.05) is 58.4 Å². The molecule has 44 heavy (non-hydrogen) atoms. The molecule has 1 aromatic heterocycles. The van der Waals surface area contributed by atoms with Crippen LogP contribution in [0.1, 0.15) is 31.2 Å². The standard InChI is InChI=1S/C31H33BrF3N5O3S/c1-40(20-23-7-3-2-4-8-23)29-25-9-5-6-10-26(25)38-30(39-29)36-18-21-11-13-22(14-12-21)19-37-44(41,42)28-16-15-24(32)17-27(28)43-31(33,34)35/h2-10,15-17,21-22,37H,11-14,18-20H2,1H3,(H,36,38,39)/t21-,22-. The lowest BCUT2D eigenvalue weighted by atomic mass is 9.82. The average Bonchev–Trinajstić information content (AvgIpc) is 2.98. The van der Waals surface area contributed by atoms with Gasteiger partial charge in [-0.25, -0.2) is 18.1 Å². The van der Waals surface area contributed by atoms with E-state index in [-0.39, 0.29) is 16.9 Å². The van der Waals surface area contributed by atoms with E-state index in [1.54, 1.807) is 0 Å². The molecular weight excluding hydrogens is 659 g/mol. The van der Waals surface area contributed by atoms with Crippen molar-refractivity contribution in [3.8, 4) is 5.75 Å². The largest absolute Gasteiger partial charge is 0.573 e. The lowest BCUT2D eigenvalue weighted by Gasteiger charge is -2.29. The fourth-order valence-corrected chi connectivity index (χ4v) is 7.01. The maximum absolute atomic E-state index is 12.9. The molecule has 3 aromatic carbocycles. The maximum atomic E-state index is 12.9. The van der Waals surface area contributed by atoms with Crippen molar-refractivity contribution in [2.75, 3.05) is 30.4 Å². The Balaban J connectivity index is 1.17. The molecule has 1 fully saturated rings. The summed E-state index contributed by atoms with van der Waals surface area (Å²) >= 11 is 3.06. The Bertz CT molecular complexity index is 1680. The minimum absolute atomic E-state index is 0.0682. The second-order valence-electron chi connectivity index (χ2n) is 11.0. The molecule has 2 N–H and O–H groups in total. The number of hydrogen-bond donors (Lipinski definition) is 2. The first kappa shape index (κ1) is 32.0. The fourth-order valence-electron chi connectivity index (χ4n) is 5.45. The number of nitrogens with zero attached hydrogens (tertiary/aromatic N) is 3. The van der Waals surface area contributed by atoms with E-state index in [1.165, 1.54) is 11.6 Å². The van der Waals surface area contributed by atoms with Gasteiger partial charge in [0.1, 0.15) is 10.7 Å². The molecule has 1 aliphatic rings. The van der Waals surface area contributed by atoms with Crippen molar-refractivity contribution in [3.05, 3.63) is 82.8 Å². The van der Waals surface area contributed by atoms with Gasteiger partial charge < -0.3 is 15.0 Å². The molecule has 0 spiro atoms. The molecule has 0 amide bonds. The zero-order chi connectivity index (χ0) is 31.3. The van der Waals surface area contributed by atoms with Crippen LogP contribution in [0.15, 0.2) is 82.2 Å². The number of ether oxygens (including phenoxy) is 1. The monoisotopic (exact) mass is 691 g/mol. The molecule has 13 heteroatoms. The number of benzene rings is 3. The summed E-state index contributed by atoms with van der Waals surface area (Å²) in [6, 6.07) is 21.6. The summed E-state index contributed by atoms with van der Waals surface area (Å²) in [5.74, 6) is 1.03. The van der Waals surface area contributed by atoms with Crippen LogP contribution in [0.3, 0.4) is 0 Å². The first-order valence-corrected chi connectivity index (χ1v) is 16.5. The second-order valence-corrected chi connectivity index (χ2v) is 13.6. The molecule has 0 aliphatic heterocycles. The highest BCUT2D eigenvalue weighted by Gasteiger charge is 2.34. The smallest absolute Gasteiger partial charge is 0.404 e. The molecule has 1 saturated carbocycles. The summed E-state index contributed by atoms with van der Waals surface area (Å²) in [5.41, 5.74) is 2.03. The van der Waals surface area contributed by atoms with E-state index in [0.717, 1.165) is 54.5 Å². The number of sulfonamides is 1. The van der Waals surface area contributed by atoms with Crippen molar-refractivity contribution in [1.82, 2.24) is 14.7 Å². The van der Waals surface area contributed by atoms with Crippen LogP contribution in [0, 0.1) is 11.8 Å². The number of halogens is 4. The van der Waals surface area contributed by atoms with Crippen LogP contribution in [0.2, 0.25) is 0 Å². The van der Waals surface area contributed by atoms with Gasteiger partial charge in [-0.2, -0.15) is 4.98 Å². The summed E-state index contributed by atoms with van der Waals surface area (Å²) in [7, 11) is -2.20. The number of fused-ring (bicyclic) bond motifs is 1. The van der Waals surface area contributed by atoms with Gasteiger partial charge in [0, 0.05) is 36.5 Å². The van der Waals surface area contributed by atoms with Gasteiger partial charge in [-0.15, -0.1) is 13.2 Å². The molecule has 8 nitrogen and oxygen atoms in total. The first-order chi connectivity index (χ1) is 21.0. The van der Waals surface area contributed by atoms with Crippen LogP contribution in [0.25, 0.3) is 10.9 Å². The van der Waals surface area contributed by atoms with Crippen LogP contribution in [0.5, 0.6) is 5.75 Å². The highest BCUT2D eigenvalue weighted by atomic mass is 79.9. The number of rotatable bonds is 11. The molecule has 0 saturated heterocycles. The van der Waals surface area contributed by atoms with E-state index in [9.17, 15) is 21.6 Å². The highest BCUT2D eigenvalue weighted by molar-refractivity contribution is 9.10. The fraction of sp³-hybridized carbons (Fsp3) is 0.355. The zero-order valence-electron chi connectivity index (χ0n) is 24.0. The van der Waals surface area contributed by atoms with Crippen LogP contribution < -0.4 is 19.7 Å². The number of aromatic nitrogens is 2. The molecule has 0 atom stereocenters. The summed E-state index contributed by atoms with van der Waals surface area (Å²) in [6.45, 7) is 1.51. The zero-order valence-corrected chi connectivity index (χ0v) is 26.4. The number of anilines is 2. The van der Waals surface area contributed by atoms with Gasteiger partial charge in [0.15, 0.2) is 5.75 Å². The number of para-hydroxylation sites is 1. The lowest BCUT2D eigenvalue weighted by Crippen LogP contribution is -2.33. The average molecular weight is 693 g/mol. The van der Waals surface area contributed by atoms with Crippen molar-refractivity contribution in [3.63, 3.8) is 0 Å². The van der Waals surface area contributed by atoms with Crippen LogP contribution >= 0.6 is 15.9 Å². The van der Waals surface area contributed by atoms with E-state index in [0.29, 0.717) is 25.0 Å². The second kappa shape index (κ2) is 13.7. The van der Waals surface area contributed by atoms with E-state index in [2.05, 4.69) is 47.7 Å². The van der Waals surface area contributed by atoms with E-state index in [1.807, 2.05) is 49.5 Å². The minimum atomic E-state index is -5.02. The van der Waals surface area contributed by atoms with Crippen LogP contribution in [-0.4, -0.2) is 44.9 Å². The first-order valence-electron chi connectivity index (χ1n) is 14.3. The Morgan fingerprint density at radius 3 is 2.30 bits per heavy atom. The Hall–Kier alpha value is -3.42. The molecule has 4 aromatic rings. The predicted molar refractivity (Wildman–Crippen MR) is 168 cm³/mol. The molecule has 0 radical (unpaired) electrons. The molecule has 5 rings (SSSR count). The van der Waals surface area contributed by atoms with Gasteiger partial charge in [-0.05, 0) is 73.4 Å². The predicted octanol–water partition coefficient (Wildman–Crippen LogP) is 7.12. The summed E-state index contributed by atoms with van der Waals surface area (Å²) in [4.78, 5) is 11.2. The Labute approximate surface area is 263 Å². The van der Waals surface area contributed by atoms with Crippen molar-refractivity contribution in [1.29, 1.82) is 0 Å².